The van der Waals surface area contributed by atoms with Crippen molar-refractivity contribution in [2.45, 2.75) is 18.9 Å². The minimum atomic E-state index is -2.78. The standard InChI is InChI=1S/C9H15N3O2S/c1-10-9-11-4-5-12(9)8-2-6-15(13,14)7-3-8/h4-5,8H,2-3,6-7H2,1H3,(H,10,11). The van der Waals surface area contributed by atoms with Crippen molar-refractivity contribution in [2.75, 3.05) is 23.9 Å². The molecule has 15 heavy (non-hydrogen) atoms. The second kappa shape index (κ2) is 3.84. The first-order valence-corrected chi connectivity index (χ1v) is 6.85. The Morgan fingerprint density at radius 2 is 2.13 bits per heavy atom. The van der Waals surface area contributed by atoms with E-state index in [2.05, 4.69) is 10.3 Å². The summed E-state index contributed by atoms with van der Waals surface area (Å²) in [4.78, 5) is 4.15. The minimum Gasteiger partial charge on any atom is -0.359 e. The second-order valence-electron chi connectivity index (χ2n) is 3.79. The zero-order chi connectivity index (χ0) is 10.9. The van der Waals surface area contributed by atoms with Crippen molar-refractivity contribution in [3.05, 3.63) is 12.4 Å². The Morgan fingerprint density at radius 1 is 1.47 bits per heavy atom. The summed E-state index contributed by atoms with van der Waals surface area (Å²) in [6.45, 7) is 0. The Kier molecular flexibility index (Phi) is 2.68. The van der Waals surface area contributed by atoms with E-state index >= 15 is 0 Å². The molecule has 0 aromatic carbocycles. The van der Waals surface area contributed by atoms with Crippen LogP contribution in [-0.2, 0) is 9.84 Å². The summed E-state index contributed by atoms with van der Waals surface area (Å²) in [5, 5.41) is 3.00. The molecule has 2 heterocycles. The molecule has 0 atom stereocenters. The van der Waals surface area contributed by atoms with Crippen molar-refractivity contribution in [1.82, 2.24) is 9.55 Å². The average Bonchev–Trinajstić information content (AvgIpc) is 2.65. The van der Waals surface area contributed by atoms with Gasteiger partial charge in [0.2, 0.25) is 5.95 Å². The van der Waals surface area contributed by atoms with Gasteiger partial charge in [0.05, 0.1) is 11.5 Å². The van der Waals surface area contributed by atoms with Crippen molar-refractivity contribution < 1.29 is 8.42 Å². The summed E-state index contributed by atoms with van der Waals surface area (Å²) in [5.74, 6) is 1.39. The Bertz CT molecular complexity index is 424. The van der Waals surface area contributed by atoms with Crippen molar-refractivity contribution in [3.63, 3.8) is 0 Å². The Hall–Kier alpha value is -1.04. The number of sulfone groups is 1. The Balaban J connectivity index is 2.14. The normalized spacial score (nSPS) is 21.4. The number of rotatable bonds is 2. The second-order valence-corrected chi connectivity index (χ2v) is 6.09. The minimum absolute atomic E-state index is 0.262. The lowest BCUT2D eigenvalue weighted by Gasteiger charge is -2.24. The maximum Gasteiger partial charge on any atom is 0.202 e. The SMILES string of the molecule is CNc1nccn1C1CCS(=O)(=O)CC1. The molecule has 0 unspecified atom stereocenters. The van der Waals surface area contributed by atoms with Gasteiger partial charge >= 0.3 is 0 Å². The van der Waals surface area contributed by atoms with Crippen LogP contribution in [0.25, 0.3) is 0 Å². The van der Waals surface area contributed by atoms with Crippen molar-refractivity contribution in [1.29, 1.82) is 0 Å². The maximum atomic E-state index is 11.3. The van der Waals surface area contributed by atoms with Crippen LogP contribution >= 0.6 is 0 Å². The third kappa shape index (κ3) is 2.14. The third-order valence-electron chi connectivity index (χ3n) is 2.81. The molecule has 1 aliphatic heterocycles. The topological polar surface area (TPSA) is 64.0 Å². The van der Waals surface area contributed by atoms with Crippen LogP contribution in [0.15, 0.2) is 12.4 Å². The fourth-order valence-corrected chi connectivity index (χ4v) is 3.42. The Labute approximate surface area is 89.4 Å². The van der Waals surface area contributed by atoms with Crippen LogP contribution in [0.1, 0.15) is 18.9 Å². The van der Waals surface area contributed by atoms with Crippen LogP contribution in [0.5, 0.6) is 0 Å². The van der Waals surface area contributed by atoms with E-state index in [0.29, 0.717) is 24.3 Å². The van der Waals surface area contributed by atoms with E-state index in [1.54, 1.807) is 6.20 Å². The molecule has 5 nitrogen and oxygen atoms in total. The molecule has 0 amide bonds. The third-order valence-corrected chi connectivity index (χ3v) is 4.53. The van der Waals surface area contributed by atoms with Gasteiger partial charge in [0.1, 0.15) is 9.84 Å². The summed E-state index contributed by atoms with van der Waals surface area (Å²) >= 11 is 0. The number of nitrogens with one attached hydrogen (secondary N) is 1. The highest BCUT2D eigenvalue weighted by Gasteiger charge is 2.25. The van der Waals surface area contributed by atoms with E-state index in [-0.39, 0.29) is 6.04 Å². The molecular weight excluding hydrogens is 214 g/mol. The molecule has 2 rings (SSSR count). The lowest BCUT2D eigenvalue weighted by atomic mass is 10.1. The predicted octanol–water partition coefficient (Wildman–Crippen LogP) is 0.675. The van der Waals surface area contributed by atoms with Crippen molar-refractivity contribution in [3.8, 4) is 0 Å². The summed E-state index contributed by atoms with van der Waals surface area (Å²) in [5.41, 5.74) is 0. The van der Waals surface area contributed by atoms with E-state index in [4.69, 9.17) is 0 Å². The highest BCUT2D eigenvalue weighted by atomic mass is 32.2. The first-order valence-electron chi connectivity index (χ1n) is 5.03. The van der Waals surface area contributed by atoms with Crippen LogP contribution in [-0.4, -0.2) is 36.5 Å². The van der Waals surface area contributed by atoms with Gasteiger partial charge in [-0.2, -0.15) is 0 Å². The van der Waals surface area contributed by atoms with E-state index in [1.165, 1.54) is 0 Å². The molecule has 0 aliphatic carbocycles. The molecule has 1 aliphatic rings. The molecule has 0 radical (unpaired) electrons. The van der Waals surface area contributed by atoms with Crippen LogP contribution in [0, 0.1) is 0 Å². The van der Waals surface area contributed by atoms with Crippen molar-refractivity contribution in [2.24, 2.45) is 0 Å². The molecule has 0 spiro atoms. The van der Waals surface area contributed by atoms with Gasteiger partial charge in [-0.05, 0) is 12.8 Å². The molecule has 1 N–H and O–H groups in total. The fraction of sp³-hybridized carbons (Fsp3) is 0.667. The van der Waals surface area contributed by atoms with Gasteiger partial charge in [-0.3, -0.25) is 0 Å². The number of hydrogen-bond acceptors (Lipinski definition) is 4. The first-order chi connectivity index (χ1) is 7.12. The van der Waals surface area contributed by atoms with Gasteiger partial charge < -0.3 is 9.88 Å². The monoisotopic (exact) mass is 229 g/mol. The van der Waals surface area contributed by atoms with Gasteiger partial charge in [0, 0.05) is 25.5 Å². The van der Waals surface area contributed by atoms with E-state index < -0.39 is 9.84 Å². The highest BCUT2D eigenvalue weighted by Crippen LogP contribution is 2.26. The Morgan fingerprint density at radius 3 is 2.73 bits per heavy atom. The van der Waals surface area contributed by atoms with Gasteiger partial charge in [-0.25, -0.2) is 13.4 Å². The number of hydrogen-bond donors (Lipinski definition) is 1. The molecule has 1 aromatic heterocycles. The number of aromatic nitrogens is 2. The van der Waals surface area contributed by atoms with Crippen molar-refractivity contribution >= 4 is 15.8 Å². The van der Waals surface area contributed by atoms with E-state index in [9.17, 15) is 8.42 Å². The molecule has 1 fully saturated rings. The van der Waals surface area contributed by atoms with Crippen LogP contribution < -0.4 is 5.32 Å². The van der Waals surface area contributed by atoms with Crippen LogP contribution in [0.2, 0.25) is 0 Å². The zero-order valence-corrected chi connectivity index (χ0v) is 9.50. The smallest absolute Gasteiger partial charge is 0.202 e. The van der Waals surface area contributed by atoms with Gasteiger partial charge in [-0.1, -0.05) is 0 Å². The number of imidazole rings is 1. The fourth-order valence-electron chi connectivity index (χ4n) is 1.96. The average molecular weight is 229 g/mol. The van der Waals surface area contributed by atoms with Gasteiger partial charge in [0.15, 0.2) is 0 Å². The number of anilines is 1. The van der Waals surface area contributed by atoms with Gasteiger partial charge in [-0.15, -0.1) is 0 Å². The summed E-state index contributed by atoms with van der Waals surface area (Å²) in [6, 6.07) is 0.262. The predicted molar refractivity (Wildman–Crippen MR) is 58.7 cm³/mol. The molecule has 6 heteroatoms. The van der Waals surface area contributed by atoms with Crippen LogP contribution in [0.3, 0.4) is 0 Å². The molecule has 0 bridgehead atoms. The number of nitrogens with zero attached hydrogens (tertiary/aromatic N) is 2. The molecule has 1 aromatic rings. The highest BCUT2D eigenvalue weighted by molar-refractivity contribution is 7.91. The maximum absolute atomic E-state index is 11.3. The largest absolute Gasteiger partial charge is 0.359 e. The van der Waals surface area contributed by atoms with Crippen LogP contribution in [0.4, 0.5) is 5.95 Å². The molecule has 1 saturated heterocycles. The lowest BCUT2D eigenvalue weighted by Crippen LogP contribution is -2.25. The molecule has 84 valence electrons. The van der Waals surface area contributed by atoms with E-state index in [1.807, 2.05) is 17.8 Å². The summed E-state index contributed by atoms with van der Waals surface area (Å²) in [7, 11) is -0.963. The van der Waals surface area contributed by atoms with Gasteiger partial charge in [0.25, 0.3) is 0 Å². The quantitative estimate of drug-likeness (QED) is 0.809. The lowest BCUT2D eigenvalue weighted by molar-refractivity contribution is 0.453. The molecular formula is C9H15N3O2S. The van der Waals surface area contributed by atoms with E-state index in [0.717, 1.165) is 5.95 Å². The zero-order valence-electron chi connectivity index (χ0n) is 8.68. The summed E-state index contributed by atoms with van der Waals surface area (Å²) in [6.07, 6.45) is 5.00. The molecule has 0 saturated carbocycles. The summed E-state index contributed by atoms with van der Waals surface area (Å²) < 4.78 is 24.6. The first kappa shape index (κ1) is 10.5.